The Morgan fingerprint density at radius 3 is 2.60 bits per heavy atom. The van der Waals surface area contributed by atoms with Crippen molar-refractivity contribution in [2.45, 2.75) is 13.0 Å². The highest BCUT2D eigenvalue weighted by atomic mass is 16.1. The Labute approximate surface area is 204 Å². The minimum atomic E-state index is 0.00621. The minimum absolute atomic E-state index is 0.00621. The van der Waals surface area contributed by atoms with Gasteiger partial charge in [0.2, 0.25) is 5.95 Å². The molecule has 4 aromatic rings. The van der Waals surface area contributed by atoms with E-state index in [0.29, 0.717) is 18.9 Å². The van der Waals surface area contributed by atoms with Crippen LogP contribution in [0, 0.1) is 0 Å². The molecule has 1 saturated heterocycles. The molecular weight excluding hydrogens is 438 g/mol. The second-order valence-corrected chi connectivity index (χ2v) is 8.90. The van der Waals surface area contributed by atoms with Gasteiger partial charge in [-0.05, 0) is 48.5 Å². The Bertz CT molecular complexity index is 1340. The lowest BCUT2D eigenvalue weighted by molar-refractivity contribution is -0.114. The molecular formula is C27H29N7O. The van der Waals surface area contributed by atoms with Crippen LogP contribution in [0.4, 0.5) is 17.3 Å². The number of carbonyl (C=O) groups is 1. The smallest absolute Gasteiger partial charge is 0.229 e. The van der Waals surface area contributed by atoms with E-state index in [9.17, 15) is 4.79 Å². The summed E-state index contributed by atoms with van der Waals surface area (Å²) in [6, 6.07) is 16.4. The van der Waals surface area contributed by atoms with E-state index in [1.54, 1.807) is 12.4 Å². The number of carbonyl (C=O) groups excluding carboxylic acids is 1. The summed E-state index contributed by atoms with van der Waals surface area (Å²) < 4.78 is 1.85. The number of likely N-dealkylation sites (N-methyl/N-ethyl adjacent to an activating group) is 1. The van der Waals surface area contributed by atoms with Crippen molar-refractivity contribution < 1.29 is 4.79 Å². The van der Waals surface area contributed by atoms with Crippen molar-refractivity contribution in [1.82, 2.24) is 24.6 Å². The van der Waals surface area contributed by atoms with Gasteiger partial charge in [-0.15, -0.1) is 0 Å². The Morgan fingerprint density at radius 2 is 1.83 bits per heavy atom. The normalized spacial score (nSPS) is 14.3. The third-order valence-electron chi connectivity index (χ3n) is 6.30. The molecule has 0 bridgehead atoms. The molecule has 0 amide bonds. The average Bonchev–Trinajstić information content (AvgIpc) is 3.27. The number of anilines is 3. The molecule has 0 unspecified atom stereocenters. The summed E-state index contributed by atoms with van der Waals surface area (Å²) in [6.07, 6.45) is 5.26. The topological polar surface area (TPSA) is 79.2 Å². The van der Waals surface area contributed by atoms with E-state index in [1.165, 1.54) is 11.8 Å². The van der Waals surface area contributed by atoms with Gasteiger partial charge in [-0.2, -0.15) is 10.1 Å². The van der Waals surface area contributed by atoms with Crippen molar-refractivity contribution in [3.63, 3.8) is 0 Å². The monoisotopic (exact) mass is 467 g/mol. The van der Waals surface area contributed by atoms with Crippen LogP contribution in [-0.4, -0.2) is 63.7 Å². The number of aromatic nitrogens is 4. The highest BCUT2D eigenvalue weighted by Gasteiger charge is 2.14. The van der Waals surface area contributed by atoms with E-state index in [-0.39, 0.29) is 5.78 Å². The molecule has 178 valence electrons. The van der Waals surface area contributed by atoms with Crippen molar-refractivity contribution >= 4 is 34.1 Å². The fraction of sp³-hybridized carbons (Fsp3) is 0.259. The van der Waals surface area contributed by atoms with Crippen LogP contribution in [0.2, 0.25) is 0 Å². The fourth-order valence-electron chi connectivity index (χ4n) is 4.28. The van der Waals surface area contributed by atoms with Gasteiger partial charge >= 0.3 is 0 Å². The molecule has 2 aromatic heterocycles. The Hall–Kier alpha value is -4.04. The van der Waals surface area contributed by atoms with Crippen LogP contribution in [0.1, 0.15) is 11.1 Å². The van der Waals surface area contributed by atoms with E-state index in [1.807, 2.05) is 28.9 Å². The van der Waals surface area contributed by atoms with Crippen LogP contribution in [0.25, 0.3) is 11.0 Å². The lowest BCUT2D eigenvalue weighted by Crippen LogP contribution is -2.44. The van der Waals surface area contributed by atoms with Crippen LogP contribution >= 0.6 is 0 Å². The molecule has 0 radical (unpaired) electrons. The summed E-state index contributed by atoms with van der Waals surface area (Å²) >= 11 is 0. The number of allylic oxidation sites excluding steroid dienone is 1. The first-order valence-electron chi connectivity index (χ1n) is 11.8. The van der Waals surface area contributed by atoms with Gasteiger partial charge in [-0.3, -0.25) is 4.79 Å². The average molecular weight is 468 g/mol. The number of benzene rings is 2. The number of ketones is 1. The number of piperazine rings is 1. The summed E-state index contributed by atoms with van der Waals surface area (Å²) in [5.41, 5.74) is 4.94. The molecule has 0 saturated carbocycles. The first-order chi connectivity index (χ1) is 17.1. The van der Waals surface area contributed by atoms with E-state index in [0.717, 1.165) is 54.0 Å². The molecule has 5 rings (SSSR count). The molecule has 35 heavy (non-hydrogen) atoms. The zero-order valence-corrected chi connectivity index (χ0v) is 19.9. The molecule has 1 fully saturated rings. The van der Waals surface area contributed by atoms with Crippen molar-refractivity contribution in [3.8, 4) is 0 Å². The molecule has 8 nitrogen and oxygen atoms in total. The summed E-state index contributed by atoms with van der Waals surface area (Å²) in [6.45, 7) is 8.35. The number of rotatable bonds is 8. The van der Waals surface area contributed by atoms with Gasteiger partial charge in [0.15, 0.2) is 11.4 Å². The number of nitrogens with zero attached hydrogens (tertiary/aromatic N) is 6. The lowest BCUT2D eigenvalue weighted by atomic mass is 10.1. The molecule has 2 aromatic carbocycles. The Balaban J connectivity index is 1.30. The second-order valence-electron chi connectivity index (χ2n) is 8.90. The predicted molar refractivity (Wildman–Crippen MR) is 139 cm³/mol. The third-order valence-corrected chi connectivity index (χ3v) is 6.30. The van der Waals surface area contributed by atoms with Crippen LogP contribution < -0.4 is 10.2 Å². The van der Waals surface area contributed by atoms with Crippen molar-refractivity contribution in [2.24, 2.45) is 0 Å². The standard InChI is InChI=1S/C27H29N7O/c1-3-25(35)16-20-5-4-6-21(15-20)19-34-26-22(18-29-34)17-28-27(31-26)30-23-7-9-24(10-8-23)33-13-11-32(2)12-14-33/h3-10,15,17-18H,1,11-14,16,19H2,2H3,(H,28,30,31). The number of nitrogens with one attached hydrogen (secondary N) is 1. The van der Waals surface area contributed by atoms with Gasteiger partial charge < -0.3 is 15.1 Å². The highest BCUT2D eigenvalue weighted by molar-refractivity contribution is 5.90. The van der Waals surface area contributed by atoms with Crippen LogP contribution in [0.5, 0.6) is 0 Å². The van der Waals surface area contributed by atoms with E-state index < -0.39 is 0 Å². The fourth-order valence-corrected chi connectivity index (χ4v) is 4.28. The predicted octanol–water partition coefficient (Wildman–Crippen LogP) is 3.67. The number of hydrogen-bond acceptors (Lipinski definition) is 7. The van der Waals surface area contributed by atoms with Crippen LogP contribution in [0.15, 0.2) is 73.6 Å². The summed E-state index contributed by atoms with van der Waals surface area (Å²) in [4.78, 5) is 25.7. The van der Waals surface area contributed by atoms with Crippen LogP contribution in [-0.2, 0) is 17.8 Å². The van der Waals surface area contributed by atoms with Crippen molar-refractivity contribution in [2.75, 3.05) is 43.4 Å². The van der Waals surface area contributed by atoms with Crippen LogP contribution in [0.3, 0.4) is 0 Å². The van der Waals surface area contributed by atoms with Gasteiger partial charge in [0.1, 0.15) is 0 Å². The largest absolute Gasteiger partial charge is 0.369 e. The van der Waals surface area contributed by atoms with E-state index in [4.69, 9.17) is 4.98 Å². The third kappa shape index (κ3) is 5.38. The number of fused-ring (bicyclic) bond motifs is 1. The van der Waals surface area contributed by atoms with Gasteiger partial charge in [0.25, 0.3) is 0 Å². The molecule has 1 aliphatic heterocycles. The molecule has 3 heterocycles. The first-order valence-corrected chi connectivity index (χ1v) is 11.8. The van der Waals surface area contributed by atoms with Gasteiger partial charge in [0.05, 0.1) is 18.1 Å². The Morgan fingerprint density at radius 1 is 1.06 bits per heavy atom. The summed E-state index contributed by atoms with van der Waals surface area (Å²) in [5.74, 6) is 0.531. The molecule has 8 heteroatoms. The second kappa shape index (κ2) is 10.1. The van der Waals surface area contributed by atoms with Gasteiger partial charge in [-0.1, -0.05) is 30.8 Å². The van der Waals surface area contributed by atoms with Crippen molar-refractivity contribution in [3.05, 3.63) is 84.7 Å². The first kappa shape index (κ1) is 22.7. The zero-order valence-electron chi connectivity index (χ0n) is 19.9. The lowest BCUT2D eigenvalue weighted by Gasteiger charge is -2.34. The maximum absolute atomic E-state index is 11.7. The number of hydrogen-bond donors (Lipinski definition) is 1. The minimum Gasteiger partial charge on any atom is -0.369 e. The Kier molecular flexibility index (Phi) is 6.54. The van der Waals surface area contributed by atoms with E-state index in [2.05, 4.69) is 63.1 Å². The zero-order chi connectivity index (χ0) is 24.2. The molecule has 0 atom stereocenters. The van der Waals surface area contributed by atoms with Crippen molar-refractivity contribution in [1.29, 1.82) is 0 Å². The molecule has 1 N–H and O–H groups in total. The summed E-state index contributed by atoms with van der Waals surface area (Å²) in [5, 5.41) is 8.70. The van der Waals surface area contributed by atoms with Gasteiger partial charge in [0, 0.05) is 50.2 Å². The quantitative estimate of drug-likeness (QED) is 0.396. The van der Waals surface area contributed by atoms with Gasteiger partial charge in [-0.25, -0.2) is 9.67 Å². The molecule has 1 aliphatic rings. The maximum atomic E-state index is 11.7. The molecule has 0 aliphatic carbocycles. The van der Waals surface area contributed by atoms with E-state index >= 15 is 0 Å². The maximum Gasteiger partial charge on any atom is 0.229 e. The molecule has 0 spiro atoms. The summed E-state index contributed by atoms with van der Waals surface area (Å²) in [7, 11) is 2.16. The highest BCUT2D eigenvalue weighted by Crippen LogP contribution is 2.22. The SMILES string of the molecule is C=CC(=O)Cc1cccc(Cn2ncc3cnc(Nc4ccc(N5CCN(C)CC5)cc4)nc32)c1.